The van der Waals surface area contributed by atoms with Crippen LogP contribution in [0, 0.1) is 0 Å². The van der Waals surface area contributed by atoms with Crippen molar-refractivity contribution in [3.63, 3.8) is 0 Å². The van der Waals surface area contributed by atoms with Crippen LogP contribution in [0.2, 0.25) is 0 Å². The summed E-state index contributed by atoms with van der Waals surface area (Å²) in [5, 5.41) is 10.3. The molecule has 1 amide bonds. The van der Waals surface area contributed by atoms with Gasteiger partial charge in [0.25, 0.3) is 0 Å². The van der Waals surface area contributed by atoms with Crippen molar-refractivity contribution in [3.05, 3.63) is 30.1 Å². The lowest BCUT2D eigenvalue weighted by molar-refractivity contribution is -0.129. The second-order valence-corrected chi connectivity index (χ2v) is 6.90. The molecular weight excluding hydrogens is 304 g/mol. The molecule has 0 spiro atoms. The molecule has 2 aliphatic heterocycles. The zero-order valence-electron chi connectivity index (χ0n) is 14.5. The summed E-state index contributed by atoms with van der Waals surface area (Å²) in [7, 11) is 0. The van der Waals surface area contributed by atoms with E-state index in [9.17, 15) is 9.90 Å². The maximum absolute atomic E-state index is 11.6. The minimum Gasteiger partial charge on any atom is -0.390 e. The molecule has 0 saturated carbocycles. The second kappa shape index (κ2) is 8.05. The number of aliphatic hydroxyl groups excluding tert-OH is 1. The number of aromatic nitrogens is 1. The van der Waals surface area contributed by atoms with Crippen LogP contribution >= 0.6 is 0 Å². The van der Waals surface area contributed by atoms with Gasteiger partial charge in [-0.15, -0.1) is 0 Å². The summed E-state index contributed by atoms with van der Waals surface area (Å²) < 4.78 is 0. The number of carbonyl (C=O) groups excluding carboxylic acids is 1. The molecule has 1 aromatic heterocycles. The fourth-order valence-corrected chi connectivity index (χ4v) is 3.67. The van der Waals surface area contributed by atoms with E-state index in [-0.39, 0.29) is 5.91 Å². The summed E-state index contributed by atoms with van der Waals surface area (Å²) >= 11 is 0. The lowest BCUT2D eigenvalue weighted by Gasteiger charge is -2.39. The summed E-state index contributed by atoms with van der Waals surface area (Å²) in [5.74, 6) is 0.184. The number of carbonyl (C=O) groups is 1. The highest BCUT2D eigenvalue weighted by atomic mass is 16.3. The van der Waals surface area contributed by atoms with Crippen molar-refractivity contribution in [3.8, 4) is 0 Å². The normalized spacial score (nSPS) is 22.8. The number of hydrogen-bond acceptors (Lipinski definition) is 5. The minimum atomic E-state index is -0.450. The number of aliphatic hydroxyl groups is 1. The SMILES string of the molecule is C[C@@H](c1cccnc1)N1CCN(C[C@@H](O)CN2CCCC2=O)CC1. The molecule has 132 valence electrons. The third-order valence-electron chi connectivity index (χ3n) is 5.19. The van der Waals surface area contributed by atoms with Gasteiger partial charge in [-0.1, -0.05) is 6.07 Å². The molecule has 2 fully saturated rings. The summed E-state index contributed by atoms with van der Waals surface area (Å²) in [6.07, 6.45) is 4.86. The highest BCUT2D eigenvalue weighted by Crippen LogP contribution is 2.20. The van der Waals surface area contributed by atoms with E-state index < -0.39 is 6.10 Å². The Morgan fingerprint density at radius 3 is 2.62 bits per heavy atom. The summed E-state index contributed by atoms with van der Waals surface area (Å²) in [6, 6.07) is 4.48. The molecule has 2 aliphatic rings. The van der Waals surface area contributed by atoms with Gasteiger partial charge in [0, 0.05) is 70.7 Å². The van der Waals surface area contributed by atoms with E-state index in [1.54, 1.807) is 11.1 Å². The summed E-state index contributed by atoms with van der Waals surface area (Å²) in [5.41, 5.74) is 1.25. The summed E-state index contributed by atoms with van der Waals surface area (Å²) in [4.78, 5) is 22.4. The Bertz CT molecular complexity index is 531. The molecule has 1 aromatic rings. The molecule has 0 radical (unpaired) electrons. The van der Waals surface area contributed by atoms with Crippen molar-refractivity contribution < 1.29 is 9.90 Å². The van der Waals surface area contributed by atoms with E-state index in [4.69, 9.17) is 0 Å². The average Bonchev–Trinajstić information content (AvgIpc) is 3.00. The van der Waals surface area contributed by atoms with Crippen molar-refractivity contribution in [2.24, 2.45) is 0 Å². The van der Waals surface area contributed by atoms with E-state index in [1.807, 2.05) is 12.3 Å². The molecule has 2 saturated heterocycles. The monoisotopic (exact) mass is 332 g/mol. The molecule has 0 bridgehead atoms. The molecule has 2 atom stereocenters. The van der Waals surface area contributed by atoms with Gasteiger partial charge in [0.05, 0.1) is 6.10 Å². The van der Waals surface area contributed by atoms with Gasteiger partial charge >= 0.3 is 0 Å². The van der Waals surface area contributed by atoms with Crippen LogP contribution in [-0.4, -0.2) is 82.6 Å². The molecule has 0 aromatic carbocycles. The van der Waals surface area contributed by atoms with Crippen LogP contribution in [0.5, 0.6) is 0 Å². The third kappa shape index (κ3) is 4.32. The molecule has 3 rings (SSSR count). The van der Waals surface area contributed by atoms with Crippen LogP contribution in [0.25, 0.3) is 0 Å². The first kappa shape index (κ1) is 17.3. The van der Waals surface area contributed by atoms with Gasteiger partial charge in [-0.3, -0.25) is 19.6 Å². The van der Waals surface area contributed by atoms with Crippen molar-refractivity contribution in [1.82, 2.24) is 19.7 Å². The van der Waals surface area contributed by atoms with Crippen molar-refractivity contribution in [1.29, 1.82) is 0 Å². The van der Waals surface area contributed by atoms with E-state index in [2.05, 4.69) is 27.8 Å². The molecule has 24 heavy (non-hydrogen) atoms. The standard InChI is InChI=1S/C18H28N4O2/c1-15(16-4-2-6-19-12-16)21-10-8-20(9-11-21)13-17(23)14-22-7-3-5-18(22)24/h2,4,6,12,15,17,23H,3,5,7-11,13-14H2,1H3/t15-,17+/m0/s1. The molecule has 0 aliphatic carbocycles. The number of likely N-dealkylation sites (tertiary alicyclic amines) is 1. The number of nitrogens with zero attached hydrogens (tertiary/aromatic N) is 4. The van der Waals surface area contributed by atoms with Crippen LogP contribution in [0.1, 0.15) is 31.4 Å². The van der Waals surface area contributed by atoms with Gasteiger partial charge in [-0.05, 0) is 25.0 Å². The Hall–Kier alpha value is -1.50. The minimum absolute atomic E-state index is 0.184. The molecule has 1 N–H and O–H groups in total. The molecule has 0 unspecified atom stereocenters. The number of hydrogen-bond donors (Lipinski definition) is 1. The first-order valence-electron chi connectivity index (χ1n) is 8.95. The van der Waals surface area contributed by atoms with E-state index >= 15 is 0 Å². The number of pyridine rings is 1. The quantitative estimate of drug-likeness (QED) is 0.833. The van der Waals surface area contributed by atoms with E-state index in [0.717, 1.165) is 39.1 Å². The average molecular weight is 332 g/mol. The Morgan fingerprint density at radius 2 is 2.00 bits per heavy atom. The maximum Gasteiger partial charge on any atom is 0.222 e. The van der Waals surface area contributed by atoms with Gasteiger partial charge in [0.2, 0.25) is 5.91 Å². The lowest BCUT2D eigenvalue weighted by atomic mass is 10.1. The molecule has 3 heterocycles. The first-order valence-corrected chi connectivity index (χ1v) is 8.95. The van der Waals surface area contributed by atoms with Crippen LogP contribution in [0.3, 0.4) is 0 Å². The van der Waals surface area contributed by atoms with Gasteiger partial charge in [-0.25, -0.2) is 0 Å². The number of amides is 1. The number of β-amino-alcohol motifs (C(OH)–C–C–N with tert-alkyl or cyclic N) is 1. The zero-order valence-corrected chi connectivity index (χ0v) is 14.5. The maximum atomic E-state index is 11.6. The first-order chi connectivity index (χ1) is 11.6. The fourth-order valence-electron chi connectivity index (χ4n) is 3.67. The molecule has 6 nitrogen and oxygen atoms in total. The zero-order chi connectivity index (χ0) is 16.9. The Kier molecular flexibility index (Phi) is 5.81. The predicted molar refractivity (Wildman–Crippen MR) is 92.5 cm³/mol. The van der Waals surface area contributed by atoms with Crippen LogP contribution < -0.4 is 0 Å². The third-order valence-corrected chi connectivity index (χ3v) is 5.19. The highest BCUT2D eigenvalue weighted by Gasteiger charge is 2.26. The Balaban J connectivity index is 1.42. The van der Waals surface area contributed by atoms with Gasteiger partial charge in [0.15, 0.2) is 0 Å². The van der Waals surface area contributed by atoms with Gasteiger partial charge < -0.3 is 10.0 Å². The largest absolute Gasteiger partial charge is 0.390 e. The predicted octanol–water partition coefficient (Wildman–Crippen LogP) is 0.744. The van der Waals surface area contributed by atoms with Gasteiger partial charge in [0.1, 0.15) is 0 Å². The second-order valence-electron chi connectivity index (χ2n) is 6.90. The Morgan fingerprint density at radius 1 is 1.21 bits per heavy atom. The van der Waals surface area contributed by atoms with E-state index in [1.165, 1.54) is 5.56 Å². The number of rotatable bonds is 6. The van der Waals surface area contributed by atoms with Crippen molar-refractivity contribution >= 4 is 5.91 Å². The molecular formula is C18H28N4O2. The molecule has 6 heteroatoms. The summed E-state index contributed by atoms with van der Waals surface area (Å²) in [6.45, 7) is 8.04. The number of piperazine rings is 1. The van der Waals surface area contributed by atoms with E-state index in [0.29, 0.717) is 25.6 Å². The van der Waals surface area contributed by atoms with Crippen LogP contribution in [-0.2, 0) is 4.79 Å². The topological polar surface area (TPSA) is 59.9 Å². The highest BCUT2D eigenvalue weighted by molar-refractivity contribution is 5.78. The Labute approximate surface area is 144 Å². The fraction of sp³-hybridized carbons (Fsp3) is 0.667. The van der Waals surface area contributed by atoms with Crippen LogP contribution in [0.4, 0.5) is 0 Å². The van der Waals surface area contributed by atoms with Gasteiger partial charge in [-0.2, -0.15) is 0 Å². The van der Waals surface area contributed by atoms with Crippen molar-refractivity contribution in [2.45, 2.75) is 31.9 Å². The lowest BCUT2D eigenvalue weighted by Crippen LogP contribution is -2.50. The smallest absolute Gasteiger partial charge is 0.222 e. The van der Waals surface area contributed by atoms with Crippen molar-refractivity contribution in [2.75, 3.05) is 45.8 Å². The van der Waals surface area contributed by atoms with Crippen LogP contribution in [0.15, 0.2) is 24.5 Å².